The molecule has 1 heterocycles. The third-order valence-electron chi connectivity index (χ3n) is 3.62. The Kier molecular flexibility index (Phi) is 4.76. The fraction of sp³-hybridized carbons (Fsp3) is 0.167. The molecule has 0 aliphatic carbocycles. The average Bonchev–Trinajstić information content (AvgIpc) is 3.01. The summed E-state index contributed by atoms with van der Waals surface area (Å²) in [6.07, 6.45) is 0. The van der Waals surface area contributed by atoms with E-state index in [1.807, 2.05) is 0 Å². The summed E-state index contributed by atoms with van der Waals surface area (Å²) < 4.78 is 14.5. The van der Waals surface area contributed by atoms with Gasteiger partial charge in [-0.05, 0) is 31.2 Å². The Balaban J connectivity index is 1.70. The lowest BCUT2D eigenvalue weighted by Gasteiger charge is -2.15. The van der Waals surface area contributed by atoms with Crippen molar-refractivity contribution in [2.45, 2.75) is 6.92 Å². The van der Waals surface area contributed by atoms with Crippen LogP contribution in [0.15, 0.2) is 42.5 Å². The van der Waals surface area contributed by atoms with Gasteiger partial charge in [-0.1, -0.05) is 29.5 Å². The van der Waals surface area contributed by atoms with Crippen LogP contribution in [-0.2, 0) is 4.79 Å². The number of nitrogens with one attached hydrogen (secondary N) is 1. The first-order valence-electron chi connectivity index (χ1n) is 7.61. The van der Waals surface area contributed by atoms with Crippen LogP contribution in [0.4, 0.5) is 15.2 Å². The SMILES string of the molecule is CC(=O)c1cccc(NC(=O)CN(C)c2nc3c(F)cccc3s2)c1. The molecule has 0 aliphatic heterocycles. The van der Waals surface area contributed by atoms with E-state index in [-0.39, 0.29) is 24.1 Å². The third kappa shape index (κ3) is 3.83. The highest BCUT2D eigenvalue weighted by atomic mass is 32.1. The molecule has 0 bridgehead atoms. The van der Waals surface area contributed by atoms with Crippen molar-refractivity contribution in [1.82, 2.24) is 4.98 Å². The van der Waals surface area contributed by atoms with Gasteiger partial charge in [-0.15, -0.1) is 0 Å². The van der Waals surface area contributed by atoms with Gasteiger partial charge in [-0.2, -0.15) is 0 Å². The van der Waals surface area contributed by atoms with E-state index in [0.29, 0.717) is 21.9 Å². The summed E-state index contributed by atoms with van der Waals surface area (Å²) in [5, 5.41) is 3.32. The van der Waals surface area contributed by atoms with E-state index in [2.05, 4.69) is 10.3 Å². The molecule has 0 atom stereocenters. The molecule has 0 unspecified atom stereocenters. The zero-order valence-electron chi connectivity index (χ0n) is 13.7. The van der Waals surface area contributed by atoms with Crippen molar-refractivity contribution in [3.8, 4) is 0 Å². The highest BCUT2D eigenvalue weighted by Crippen LogP contribution is 2.29. The van der Waals surface area contributed by atoms with Gasteiger partial charge < -0.3 is 10.2 Å². The average molecular weight is 357 g/mol. The molecule has 2 aromatic carbocycles. The van der Waals surface area contributed by atoms with Gasteiger partial charge in [0.2, 0.25) is 5.91 Å². The summed E-state index contributed by atoms with van der Waals surface area (Å²) in [4.78, 5) is 29.5. The van der Waals surface area contributed by atoms with E-state index in [1.54, 1.807) is 48.3 Å². The number of anilines is 2. The van der Waals surface area contributed by atoms with Crippen LogP contribution in [0.3, 0.4) is 0 Å². The number of Topliss-reactive ketones (excluding diaryl/α,β-unsaturated/α-hetero) is 1. The number of aromatic nitrogens is 1. The quantitative estimate of drug-likeness (QED) is 0.707. The number of fused-ring (bicyclic) bond motifs is 1. The fourth-order valence-corrected chi connectivity index (χ4v) is 3.31. The number of amides is 1. The summed E-state index contributed by atoms with van der Waals surface area (Å²) >= 11 is 1.32. The maximum Gasteiger partial charge on any atom is 0.243 e. The standard InChI is InChI=1S/C18H16FN3O2S/c1-11(23)12-5-3-6-13(9-12)20-16(24)10-22(2)18-21-17-14(19)7-4-8-15(17)25-18/h3-9H,10H2,1-2H3,(H,20,24). The van der Waals surface area contributed by atoms with Crippen LogP contribution in [0.5, 0.6) is 0 Å². The van der Waals surface area contributed by atoms with E-state index < -0.39 is 0 Å². The highest BCUT2D eigenvalue weighted by Gasteiger charge is 2.14. The molecule has 0 saturated heterocycles. The van der Waals surface area contributed by atoms with Gasteiger partial charge in [0.15, 0.2) is 10.9 Å². The lowest BCUT2D eigenvalue weighted by atomic mass is 10.1. The fourth-order valence-electron chi connectivity index (χ4n) is 2.37. The minimum atomic E-state index is -0.376. The lowest BCUT2D eigenvalue weighted by Crippen LogP contribution is -2.30. The number of carbonyl (C=O) groups excluding carboxylic acids is 2. The van der Waals surface area contributed by atoms with Crippen molar-refractivity contribution < 1.29 is 14.0 Å². The number of benzene rings is 2. The second-order valence-electron chi connectivity index (χ2n) is 5.62. The molecule has 128 valence electrons. The van der Waals surface area contributed by atoms with E-state index in [1.165, 1.54) is 24.3 Å². The summed E-state index contributed by atoms with van der Waals surface area (Å²) in [5.41, 5.74) is 1.40. The Morgan fingerprint density at radius 2 is 2.00 bits per heavy atom. The van der Waals surface area contributed by atoms with E-state index in [0.717, 1.165) is 4.70 Å². The van der Waals surface area contributed by atoms with E-state index >= 15 is 0 Å². The van der Waals surface area contributed by atoms with Crippen LogP contribution in [-0.4, -0.2) is 30.3 Å². The molecule has 0 spiro atoms. The maximum absolute atomic E-state index is 13.7. The molecule has 1 aromatic heterocycles. The molecule has 3 aromatic rings. The predicted molar refractivity (Wildman–Crippen MR) is 97.9 cm³/mol. The summed E-state index contributed by atoms with van der Waals surface area (Å²) in [7, 11) is 1.72. The minimum Gasteiger partial charge on any atom is -0.342 e. The Morgan fingerprint density at radius 3 is 2.72 bits per heavy atom. The second kappa shape index (κ2) is 6.98. The molecule has 0 radical (unpaired) electrons. The van der Waals surface area contributed by atoms with Gasteiger partial charge in [-0.25, -0.2) is 9.37 Å². The molecule has 0 fully saturated rings. The molecule has 25 heavy (non-hydrogen) atoms. The van der Waals surface area contributed by atoms with Crippen LogP contribution >= 0.6 is 11.3 Å². The number of thiazole rings is 1. The van der Waals surface area contributed by atoms with E-state index in [9.17, 15) is 14.0 Å². The third-order valence-corrected chi connectivity index (χ3v) is 4.75. The van der Waals surface area contributed by atoms with Crippen LogP contribution < -0.4 is 10.2 Å². The van der Waals surface area contributed by atoms with Crippen LogP contribution in [0.1, 0.15) is 17.3 Å². The van der Waals surface area contributed by atoms with Gasteiger partial charge in [0.25, 0.3) is 0 Å². The van der Waals surface area contributed by atoms with Crippen LogP contribution in [0, 0.1) is 5.82 Å². The molecule has 5 nitrogen and oxygen atoms in total. The molecule has 1 amide bonds. The topological polar surface area (TPSA) is 62.3 Å². The molecule has 0 aliphatic rings. The highest BCUT2D eigenvalue weighted by molar-refractivity contribution is 7.22. The number of hydrogen-bond donors (Lipinski definition) is 1. The lowest BCUT2D eigenvalue weighted by molar-refractivity contribution is -0.114. The number of ketones is 1. The Morgan fingerprint density at radius 1 is 1.24 bits per heavy atom. The summed E-state index contributed by atoms with van der Waals surface area (Å²) in [6.45, 7) is 1.53. The predicted octanol–water partition coefficient (Wildman–Crippen LogP) is 3.71. The summed E-state index contributed by atoms with van der Waals surface area (Å²) in [6, 6.07) is 11.5. The Labute approximate surface area is 148 Å². The van der Waals surface area contributed by atoms with Gasteiger partial charge in [-0.3, -0.25) is 9.59 Å². The first kappa shape index (κ1) is 17.0. The molecule has 3 rings (SSSR count). The molecule has 1 N–H and O–H groups in total. The largest absolute Gasteiger partial charge is 0.342 e. The zero-order valence-corrected chi connectivity index (χ0v) is 14.6. The van der Waals surface area contributed by atoms with Crippen LogP contribution in [0.25, 0.3) is 10.2 Å². The van der Waals surface area contributed by atoms with Gasteiger partial charge in [0.1, 0.15) is 11.3 Å². The Bertz CT molecular complexity index is 954. The number of para-hydroxylation sites is 1. The van der Waals surface area contributed by atoms with Crippen molar-refractivity contribution in [3.63, 3.8) is 0 Å². The first-order chi connectivity index (χ1) is 11.9. The Hall–Kier alpha value is -2.80. The maximum atomic E-state index is 13.7. The van der Waals surface area contributed by atoms with Crippen LogP contribution in [0.2, 0.25) is 0 Å². The normalized spacial score (nSPS) is 10.7. The van der Waals surface area contributed by atoms with Crippen molar-refractivity contribution in [2.75, 3.05) is 23.8 Å². The number of hydrogen-bond acceptors (Lipinski definition) is 5. The second-order valence-corrected chi connectivity index (χ2v) is 6.63. The van der Waals surface area contributed by atoms with Crippen molar-refractivity contribution in [2.24, 2.45) is 0 Å². The van der Waals surface area contributed by atoms with Crippen molar-refractivity contribution in [3.05, 3.63) is 53.8 Å². The minimum absolute atomic E-state index is 0.0613. The molecular weight excluding hydrogens is 341 g/mol. The number of nitrogens with zero attached hydrogens (tertiary/aromatic N) is 2. The van der Waals surface area contributed by atoms with Gasteiger partial charge in [0.05, 0.1) is 11.2 Å². The number of halogens is 1. The zero-order chi connectivity index (χ0) is 18.0. The number of rotatable bonds is 5. The van der Waals surface area contributed by atoms with Gasteiger partial charge >= 0.3 is 0 Å². The summed E-state index contributed by atoms with van der Waals surface area (Å²) in [5.74, 6) is -0.688. The smallest absolute Gasteiger partial charge is 0.243 e. The number of carbonyl (C=O) groups is 2. The van der Waals surface area contributed by atoms with Crippen molar-refractivity contribution in [1.29, 1.82) is 0 Å². The van der Waals surface area contributed by atoms with Crippen molar-refractivity contribution >= 4 is 44.1 Å². The van der Waals surface area contributed by atoms with E-state index in [4.69, 9.17) is 0 Å². The molecular formula is C18H16FN3O2S. The number of likely N-dealkylation sites (N-methyl/N-ethyl adjacent to an activating group) is 1. The molecule has 0 saturated carbocycles. The molecule has 7 heteroatoms. The first-order valence-corrected chi connectivity index (χ1v) is 8.43. The van der Waals surface area contributed by atoms with Gasteiger partial charge in [0, 0.05) is 18.3 Å². The monoisotopic (exact) mass is 357 g/mol.